The molecule has 0 fully saturated rings. The maximum Gasteiger partial charge on any atom is 0.413 e. The predicted octanol–water partition coefficient (Wildman–Crippen LogP) is 2.65. The Morgan fingerprint density at radius 2 is 2.00 bits per heavy atom. The van der Waals surface area contributed by atoms with Crippen LogP contribution in [0.2, 0.25) is 0 Å². The summed E-state index contributed by atoms with van der Waals surface area (Å²) in [5.74, 6) is -0.837. The molecule has 0 atom stereocenters. The molecule has 3 rings (SSSR count). The summed E-state index contributed by atoms with van der Waals surface area (Å²) in [6.07, 6.45) is -0.710. The fraction of sp³-hybridized carbons (Fsp3) is 0.0667. The molecule has 0 unspecified atom stereocenters. The van der Waals surface area contributed by atoms with E-state index in [1.165, 1.54) is 37.4 Å². The minimum atomic E-state index is -4.33. The van der Waals surface area contributed by atoms with E-state index in [1.54, 1.807) is 0 Å². The molecule has 130 valence electrons. The van der Waals surface area contributed by atoms with Gasteiger partial charge in [0.15, 0.2) is 0 Å². The standard InChI is InChI=1S/C15H12FN3O5S/c1-23-15(20)19-14-17-11-7-6-9(8-12(11)18-14)24-25(21,22)13-5-3-2-4-10(13)16/h2-8H,1H3,(H2,17,18,19,20). The fourth-order valence-corrected chi connectivity index (χ4v) is 3.06. The maximum atomic E-state index is 13.7. The molecule has 2 N–H and O–H groups in total. The first-order chi connectivity index (χ1) is 11.9. The molecular formula is C15H12FN3O5S. The highest BCUT2D eigenvalue weighted by Crippen LogP contribution is 2.24. The number of rotatable bonds is 4. The van der Waals surface area contributed by atoms with Crippen molar-refractivity contribution in [2.24, 2.45) is 0 Å². The van der Waals surface area contributed by atoms with E-state index in [-0.39, 0.29) is 11.7 Å². The minimum Gasteiger partial charge on any atom is -0.453 e. The number of methoxy groups -OCH3 is 1. The number of anilines is 1. The van der Waals surface area contributed by atoms with Gasteiger partial charge in [-0.15, -0.1) is 0 Å². The zero-order valence-corrected chi connectivity index (χ0v) is 13.6. The van der Waals surface area contributed by atoms with Crippen molar-refractivity contribution in [3.8, 4) is 5.75 Å². The second-order valence-electron chi connectivity index (χ2n) is 4.85. The van der Waals surface area contributed by atoms with E-state index in [0.29, 0.717) is 11.0 Å². The van der Waals surface area contributed by atoms with Gasteiger partial charge in [0.2, 0.25) is 5.95 Å². The van der Waals surface area contributed by atoms with Gasteiger partial charge in [0.25, 0.3) is 0 Å². The van der Waals surface area contributed by atoms with E-state index < -0.39 is 26.9 Å². The quantitative estimate of drug-likeness (QED) is 0.688. The highest BCUT2D eigenvalue weighted by atomic mass is 32.2. The Balaban J connectivity index is 1.89. The number of amides is 1. The average molecular weight is 365 g/mol. The molecule has 2 aromatic carbocycles. The zero-order chi connectivity index (χ0) is 18.0. The molecule has 10 heteroatoms. The van der Waals surface area contributed by atoms with Crippen LogP contribution in [0.25, 0.3) is 11.0 Å². The Kier molecular flexibility index (Phi) is 4.28. The summed E-state index contributed by atoms with van der Waals surface area (Å²) >= 11 is 0. The van der Waals surface area contributed by atoms with Gasteiger partial charge < -0.3 is 13.9 Å². The van der Waals surface area contributed by atoms with Gasteiger partial charge in [-0.3, -0.25) is 5.32 Å². The molecule has 0 saturated heterocycles. The summed E-state index contributed by atoms with van der Waals surface area (Å²) in [7, 11) is -3.13. The summed E-state index contributed by atoms with van der Waals surface area (Å²) in [5, 5.41) is 2.35. The van der Waals surface area contributed by atoms with Crippen LogP contribution in [-0.4, -0.2) is 31.6 Å². The summed E-state index contributed by atoms with van der Waals surface area (Å²) in [4.78, 5) is 17.5. The van der Waals surface area contributed by atoms with Gasteiger partial charge in [0, 0.05) is 6.07 Å². The van der Waals surface area contributed by atoms with E-state index in [1.807, 2.05) is 0 Å². The Morgan fingerprint density at radius 1 is 1.24 bits per heavy atom. The molecule has 25 heavy (non-hydrogen) atoms. The molecule has 0 radical (unpaired) electrons. The van der Waals surface area contributed by atoms with Crippen molar-refractivity contribution in [3.05, 3.63) is 48.3 Å². The number of imidazole rings is 1. The molecule has 0 aliphatic carbocycles. The van der Waals surface area contributed by atoms with Gasteiger partial charge in [-0.05, 0) is 24.3 Å². The molecule has 3 aromatic rings. The predicted molar refractivity (Wildman–Crippen MR) is 86.3 cm³/mol. The van der Waals surface area contributed by atoms with Crippen molar-refractivity contribution >= 4 is 33.2 Å². The van der Waals surface area contributed by atoms with Gasteiger partial charge in [0.05, 0.1) is 18.1 Å². The smallest absolute Gasteiger partial charge is 0.413 e. The second-order valence-corrected chi connectivity index (χ2v) is 6.36. The second kappa shape index (κ2) is 6.40. The van der Waals surface area contributed by atoms with Crippen molar-refractivity contribution in [1.82, 2.24) is 9.97 Å². The first-order valence-corrected chi connectivity index (χ1v) is 8.33. The molecule has 1 aromatic heterocycles. The molecule has 0 aliphatic heterocycles. The molecule has 8 nitrogen and oxygen atoms in total. The van der Waals surface area contributed by atoms with Crippen molar-refractivity contribution in [3.63, 3.8) is 0 Å². The monoisotopic (exact) mass is 365 g/mol. The molecule has 0 aliphatic rings. The average Bonchev–Trinajstić information content (AvgIpc) is 2.96. The Labute approximate surface area is 141 Å². The number of nitrogens with one attached hydrogen (secondary N) is 2. The Bertz CT molecular complexity index is 1050. The molecule has 0 saturated carbocycles. The van der Waals surface area contributed by atoms with Gasteiger partial charge in [-0.1, -0.05) is 12.1 Å². The Hall–Kier alpha value is -3.14. The highest BCUT2D eigenvalue weighted by molar-refractivity contribution is 7.87. The number of H-pyrrole nitrogens is 1. The number of hydrogen-bond acceptors (Lipinski definition) is 6. The lowest BCUT2D eigenvalue weighted by Gasteiger charge is -2.07. The van der Waals surface area contributed by atoms with Crippen LogP contribution in [0.3, 0.4) is 0 Å². The number of nitrogens with zero attached hydrogens (tertiary/aromatic N) is 1. The lowest BCUT2D eigenvalue weighted by Crippen LogP contribution is -2.11. The topological polar surface area (TPSA) is 110 Å². The van der Waals surface area contributed by atoms with Crippen LogP contribution in [0.4, 0.5) is 15.1 Å². The van der Waals surface area contributed by atoms with Gasteiger partial charge in [0.1, 0.15) is 16.5 Å². The number of aromatic nitrogens is 2. The van der Waals surface area contributed by atoms with Crippen molar-refractivity contribution in [2.45, 2.75) is 4.90 Å². The number of carbonyl (C=O) groups excluding carboxylic acids is 1. The fourth-order valence-electron chi connectivity index (χ4n) is 2.06. The van der Waals surface area contributed by atoms with Crippen LogP contribution >= 0.6 is 0 Å². The van der Waals surface area contributed by atoms with Crippen LogP contribution in [-0.2, 0) is 14.9 Å². The number of benzene rings is 2. The van der Waals surface area contributed by atoms with Crippen LogP contribution in [0, 0.1) is 5.82 Å². The van der Waals surface area contributed by atoms with Gasteiger partial charge in [-0.2, -0.15) is 8.42 Å². The largest absolute Gasteiger partial charge is 0.453 e. The third kappa shape index (κ3) is 3.53. The normalized spacial score (nSPS) is 11.3. The molecular weight excluding hydrogens is 353 g/mol. The van der Waals surface area contributed by atoms with Crippen LogP contribution in [0.15, 0.2) is 47.4 Å². The van der Waals surface area contributed by atoms with E-state index in [0.717, 1.165) is 12.1 Å². The molecule has 0 bridgehead atoms. The van der Waals surface area contributed by atoms with E-state index in [2.05, 4.69) is 20.0 Å². The van der Waals surface area contributed by atoms with E-state index >= 15 is 0 Å². The lowest BCUT2D eigenvalue weighted by molar-refractivity contribution is 0.186. The van der Waals surface area contributed by atoms with Crippen molar-refractivity contribution in [2.75, 3.05) is 12.4 Å². The van der Waals surface area contributed by atoms with Crippen LogP contribution < -0.4 is 9.50 Å². The van der Waals surface area contributed by atoms with Gasteiger partial charge >= 0.3 is 16.2 Å². The summed E-state index contributed by atoms with van der Waals surface area (Å²) in [6.45, 7) is 0. The summed E-state index contributed by atoms with van der Waals surface area (Å²) < 4.78 is 47.4. The lowest BCUT2D eigenvalue weighted by atomic mass is 10.3. The Morgan fingerprint density at radius 3 is 2.72 bits per heavy atom. The van der Waals surface area contributed by atoms with Crippen LogP contribution in [0.5, 0.6) is 5.75 Å². The summed E-state index contributed by atoms with van der Waals surface area (Å²) in [5.41, 5.74) is 0.870. The highest BCUT2D eigenvalue weighted by Gasteiger charge is 2.21. The van der Waals surface area contributed by atoms with Crippen molar-refractivity contribution < 1.29 is 26.5 Å². The zero-order valence-electron chi connectivity index (χ0n) is 12.8. The van der Waals surface area contributed by atoms with E-state index in [9.17, 15) is 17.6 Å². The number of hydrogen-bond donors (Lipinski definition) is 2. The maximum absolute atomic E-state index is 13.7. The SMILES string of the molecule is COC(=O)Nc1nc2cc(OS(=O)(=O)c3ccccc3F)ccc2[nH]1. The molecule has 1 amide bonds. The third-order valence-corrected chi connectivity index (χ3v) is 4.45. The minimum absolute atomic E-state index is 0.0492. The summed E-state index contributed by atoms with van der Waals surface area (Å²) in [6, 6.07) is 9.12. The first kappa shape index (κ1) is 16.7. The first-order valence-electron chi connectivity index (χ1n) is 6.93. The number of aromatic amines is 1. The number of halogens is 1. The van der Waals surface area contributed by atoms with Gasteiger partial charge in [-0.25, -0.2) is 14.2 Å². The third-order valence-electron chi connectivity index (χ3n) is 3.17. The van der Waals surface area contributed by atoms with Crippen molar-refractivity contribution in [1.29, 1.82) is 0 Å². The van der Waals surface area contributed by atoms with Crippen LogP contribution in [0.1, 0.15) is 0 Å². The molecule has 0 spiro atoms. The number of fused-ring (bicyclic) bond motifs is 1. The number of carbonyl (C=O) groups is 1. The molecule has 1 heterocycles. The van der Waals surface area contributed by atoms with E-state index in [4.69, 9.17) is 4.18 Å². The number of ether oxygens (including phenoxy) is 1.